The van der Waals surface area contributed by atoms with E-state index in [1.54, 1.807) is 24.3 Å². The Morgan fingerprint density at radius 1 is 1.05 bits per heavy atom. The number of fused-ring (bicyclic) bond motifs is 1. The number of benzene rings is 2. The molecule has 1 unspecified atom stereocenters. The third kappa shape index (κ3) is 2.98. The van der Waals surface area contributed by atoms with Gasteiger partial charge in [-0.05, 0) is 28.5 Å². The number of thioether (sulfide) groups is 1. The Balaban J connectivity index is 1.73. The van der Waals surface area contributed by atoms with E-state index < -0.39 is 0 Å². The summed E-state index contributed by atoms with van der Waals surface area (Å²) in [5.41, 5.74) is 7.43. The lowest BCUT2D eigenvalue weighted by atomic mass is 10.0. The molecule has 0 amide bonds. The zero-order valence-corrected chi connectivity index (χ0v) is 11.8. The number of nitrogens with zero attached hydrogens (tertiary/aromatic N) is 2. The van der Waals surface area contributed by atoms with Crippen LogP contribution in [0.25, 0.3) is 10.8 Å². The van der Waals surface area contributed by atoms with E-state index in [-0.39, 0.29) is 6.04 Å². The van der Waals surface area contributed by atoms with Crippen LogP contribution in [0.5, 0.6) is 0 Å². The van der Waals surface area contributed by atoms with Crippen LogP contribution in [0.15, 0.2) is 66.1 Å². The highest BCUT2D eigenvalue weighted by molar-refractivity contribution is 7.99. The van der Waals surface area contributed by atoms with Gasteiger partial charge in [0, 0.05) is 18.0 Å². The second-order valence-corrected chi connectivity index (χ2v) is 5.61. The van der Waals surface area contributed by atoms with Gasteiger partial charge in [0.05, 0.1) is 5.03 Å². The Hall–Kier alpha value is -1.91. The molecule has 3 rings (SSSR count). The van der Waals surface area contributed by atoms with Crippen LogP contribution >= 0.6 is 11.8 Å². The molecule has 3 aromatic rings. The molecule has 1 aromatic heterocycles. The Labute approximate surface area is 122 Å². The van der Waals surface area contributed by atoms with Gasteiger partial charge in [-0.3, -0.25) is 0 Å². The van der Waals surface area contributed by atoms with Gasteiger partial charge in [0.15, 0.2) is 0 Å². The van der Waals surface area contributed by atoms with Crippen LogP contribution in [0.4, 0.5) is 0 Å². The molecule has 1 heterocycles. The minimum absolute atomic E-state index is 0.000397. The van der Waals surface area contributed by atoms with Crippen molar-refractivity contribution in [3.05, 3.63) is 66.6 Å². The normalized spacial score (nSPS) is 12.4. The maximum absolute atomic E-state index is 6.27. The Morgan fingerprint density at radius 2 is 1.90 bits per heavy atom. The van der Waals surface area contributed by atoms with Gasteiger partial charge < -0.3 is 5.73 Å². The van der Waals surface area contributed by atoms with Crippen LogP contribution in [0.2, 0.25) is 0 Å². The summed E-state index contributed by atoms with van der Waals surface area (Å²) in [4.78, 5) is 8.10. The summed E-state index contributed by atoms with van der Waals surface area (Å²) in [5.74, 6) is 0.801. The van der Waals surface area contributed by atoms with E-state index in [1.807, 2.05) is 18.2 Å². The lowest BCUT2D eigenvalue weighted by molar-refractivity contribution is 0.831. The molecule has 0 saturated heterocycles. The highest BCUT2D eigenvalue weighted by Crippen LogP contribution is 2.24. The Kier molecular flexibility index (Phi) is 3.95. The number of hydrogen-bond acceptors (Lipinski definition) is 4. The quantitative estimate of drug-likeness (QED) is 0.588. The van der Waals surface area contributed by atoms with Crippen LogP contribution in [0, 0.1) is 0 Å². The first-order chi connectivity index (χ1) is 9.83. The maximum Gasteiger partial charge on any atom is 0.116 e. The Bertz CT molecular complexity index is 700. The SMILES string of the molecule is NC(CSc1ccncn1)c1ccc2ccccc2c1. The van der Waals surface area contributed by atoms with Gasteiger partial charge in [0.1, 0.15) is 6.33 Å². The van der Waals surface area contributed by atoms with Crippen molar-refractivity contribution in [1.82, 2.24) is 9.97 Å². The summed E-state index contributed by atoms with van der Waals surface area (Å²) >= 11 is 1.65. The van der Waals surface area contributed by atoms with Crippen molar-refractivity contribution < 1.29 is 0 Å². The highest BCUT2D eigenvalue weighted by atomic mass is 32.2. The van der Waals surface area contributed by atoms with E-state index >= 15 is 0 Å². The smallest absolute Gasteiger partial charge is 0.116 e. The summed E-state index contributed by atoms with van der Waals surface area (Å²) in [6.45, 7) is 0. The second-order valence-electron chi connectivity index (χ2n) is 4.57. The third-order valence-electron chi connectivity index (χ3n) is 3.17. The maximum atomic E-state index is 6.27. The van der Waals surface area contributed by atoms with Crippen molar-refractivity contribution in [3.63, 3.8) is 0 Å². The Morgan fingerprint density at radius 3 is 2.70 bits per heavy atom. The average Bonchev–Trinajstić information content (AvgIpc) is 2.53. The van der Waals surface area contributed by atoms with E-state index in [0.717, 1.165) is 16.3 Å². The second kappa shape index (κ2) is 6.03. The lowest BCUT2D eigenvalue weighted by Gasteiger charge is -2.12. The molecule has 100 valence electrons. The van der Waals surface area contributed by atoms with Crippen LogP contribution in [-0.4, -0.2) is 15.7 Å². The van der Waals surface area contributed by atoms with Crippen molar-refractivity contribution in [3.8, 4) is 0 Å². The predicted molar refractivity (Wildman–Crippen MR) is 83.6 cm³/mol. The summed E-state index contributed by atoms with van der Waals surface area (Å²) in [5, 5.41) is 3.43. The minimum Gasteiger partial charge on any atom is -0.323 e. The molecule has 0 radical (unpaired) electrons. The van der Waals surface area contributed by atoms with Gasteiger partial charge in [-0.15, -0.1) is 11.8 Å². The number of nitrogens with two attached hydrogens (primary N) is 1. The fourth-order valence-electron chi connectivity index (χ4n) is 2.07. The first kappa shape index (κ1) is 13.1. The van der Waals surface area contributed by atoms with Crippen LogP contribution < -0.4 is 5.73 Å². The zero-order valence-electron chi connectivity index (χ0n) is 10.9. The molecule has 0 spiro atoms. The first-order valence-corrected chi connectivity index (χ1v) is 7.44. The van der Waals surface area contributed by atoms with E-state index in [2.05, 4.69) is 40.3 Å². The molecule has 2 aromatic carbocycles. The molecule has 0 aliphatic heterocycles. The molecule has 3 nitrogen and oxygen atoms in total. The zero-order chi connectivity index (χ0) is 13.8. The van der Waals surface area contributed by atoms with Crippen molar-refractivity contribution in [2.75, 3.05) is 5.75 Å². The summed E-state index contributed by atoms with van der Waals surface area (Å²) in [6.07, 6.45) is 3.31. The fourth-order valence-corrected chi connectivity index (χ4v) is 2.90. The van der Waals surface area contributed by atoms with E-state index in [9.17, 15) is 0 Å². The first-order valence-electron chi connectivity index (χ1n) is 6.46. The lowest BCUT2D eigenvalue weighted by Crippen LogP contribution is -2.12. The molecule has 1 atom stereocenters. The van der Waals surface area contributed by atoms with Crippen LogP contribution in [0.1, 0.15) is 11.6 Å². The summed E-state index contributed by atoms with van der Waals surface area (Å²) in [7, 11) is 0. The van der Waals surface area contributed by atoms with Crippen LogP contribution in [0.3, 0.4) is 0 Å². The standard InChI is InChI=1S/C16H15N3S/c17-15(10-20-16-7-8-18-11-19-16)14-6-5-12-3-1-2-4-13(12)9-14/h1-9,11,15H,10,17H2. The monoisotopic (exact) mass is 281 g/mol. The largest absolute Gasteiger partial charge is 0.323 e. The van der Waals surface area contributed by atoms with Gasteiger partial charge in [-0.2, -0.15) is 0 Å². The highest BCUT2D eigenvalue weighted by Gasteiger charge is 2.08. The van der Waals surface area contributed by atoms with Crippen molar-refractivity contribution in [1.29, 1.82) is 0 Å². The van der Waals surface area contributed by atoms with Gasteiger partial charge in [-0.25, -0.2) is 9.97 Å². The fraction of sp³-hybridized carbons (Fsp3) is 0.125. The summed E-state index contributed by atoms with van der Waals surface area (Å²) in [6, 6.07) is 16.6. The van der Waals surface area contributed by atoms with Crippen molar-refractivity contribution in [2.45, 2.75) is 11.1 Å². The number of aromatic nitrogens is 2. The molecular formula is C16H15N3S. The van der Waals surface area contributed by atoms with E-state index in [0.29, 0.717) is 0 Å². The molecule has 20 heavy (non-hydrogen) atoms. The van der Waals surface area contributed by atoms with Crippen molar-refractivity contribution in [2.24, 2.45) is 5.73 Å². The van der Waals surface area contributed by atoms with Crippen LogP contribution in [-0.2, 0) is 0 Å². The van der Waals surface area contributed by atoms with E-state index in [4.69, 9.17) is 5.73 Å². The summed E-state index contributed by atoms with van der Waals surface area (Å²) < 4.78 is 0. The molecule has 2 N–H and O–H groups in total. The molecule has 4 heteroatoms. The van der Waals surface area contributed by atoms with E-state index in [1.165, 1.54) is 10.8 Å². The van der Waals surface area contributed by atoms with Gasteiger partial charge >= 0.3 is 0 Å². The van der Waals surface area contributed by atoms with Crippen molar-refractivity contribution >= 4 is 22.5 Å². The topological polar surface area (TPSA) is 51.8 Å². The average molecular weight is 281 g/mol. The minimum atomic E-state index is -0.000397. The molecule has 0 saturated carbocycles. The number of hydrogen-bond donors (Lipinski definition) is 1. The van der Waals surface area contributed by atoms with Gasteiger partial charge in [-0.1, -0.05) is 36.4 Å². The van der Waals surface area contributed by atoms with Gasteiger partial charge in [0.25, 0.3) is 0 Å². The molecule has 0 bridgehead atoms. The van der Waals surface area contributed by atoms with Gasteiger partial charge in [0.2, 0.25) is 0 Å². The molecule has 0 fully saturated rings. The number of rotatable bonds is 4. The molecular weight excluding hydrogens is 266 g/mol. The predicted octanol–water partition coefficient (Wildman–Crippen LogP) is 3.42. The molecule has 0 aliphatic rings. The third-order valence-corrected chi connectivity index (χ3v) is 4.23. The molecule has 0 aliphatic carbocycles.